The molecular weight excluding hydrogens is 216 g/mol. The molecule has 1 heterocycles. The van der Waals surface area contributed by atoms with E-state index in [9.17, 15) is 9.59 Å². The Morgan fingerprint density at radius 1 is 1.29 bits per heavy atom. The highest BCUT2D eigenvalue weighted by Crippen LogP contribution is 2.35. The Morgan fingerprint density at radius 3 is 2.71 bits per heavy atom. The first kappa shape index (κ1) is 12.6. The van der Waals surface area contributed by atoms with Gasteiger partial charge in [0.15, 0.2) is 0 Å². The summed E-state index contributed by atoms with van der Waals surface area (Å²) in [6.07, 6.45) is 5.84. The van der Waals surface area contributed by atoms with Gasteiger partial charge in [-0.25, -0.2) is 0 Å². The van der Waals surface area contributed by atoms with E-state index in [1.807, 2.05) is 0 Å². The van der Waals surface area contributed by atoms with Crippen molar-refractivity contribution >= 4 is 11.8 Å². The molecule has 0 aromatic rings. The molecule has 2 fully saturated rings. The van der Waals surface area contributed by atoms with Crippen molar-refractivity contribution in [2.45, 2.75) is 64.5 Å². The zero-order valence-electron chi connectivity index (χ0n) is 10.7. The number of hydrogen-bond donors (Lipinski definition) is 2. The number of piperidine rings is 1. The monoisotopic (exact) mass is 238 g/mol. The Bertz CT molecular complexity index is 325. The molecule has 2 unspecified atom stereocenters. The van der Waals surface area contributed by atoms with Crippen LogP contribution in [0.3, 0.4) is 0 Å². The molecule has 0 spiro atoms. The molecule has 4 nitrogen and oxygen atoms in total. The maximum Gasteiger partial charge on any atom is 0.243 e. The number of carbonyl (C=O) groups is 2. The molecule has 1 aliphatic carbocycles. The van der Waals surface area contributed by atoms with Crippen molar-refractivity contribution in [1.29, 1.82) is 0 Å². The third kappa shape index (κ3) is 3.28. The molecule has 2 atom stereocenters. The van der Waals surface area contributed by atoms with Crippen LogP contribution >= 0.6 is 0 Å². The lowest BCUT2D eigenvalue weighted by atomic mass is 9.75. The Balaban J connectivity index is 1.88. The van der Waals surface area contributed by atoms with Gasteiger partial charge in [-0.05, 0) is 31.1 Å². The van der Waals surface area contributed by atoms with Gasteiger partial charge in [0.25, 0.3) is 0 Å². The van der Waals surface area contributed by atoms with Crippen LogP contribution in [0.4, 0.5) is 0 Å². The fraction of sp³-hybridized carbons (Fsp3) is 0.846. The fourth-order valence-electron chi connectivity index (χ4n) is 2.98. The van der Waals surface area contributed by atoms with Gasteiger partial charge in [0.05, 0.1) is 6.04 Å². The second-order valence-electron chi connectivity index (χ2n) is 6.13. The minimum atomic E-state index is -0.174. The van der Waals surface area contributed by atoms with Crippen LogP contribution in [-0.4, -0.2) is 23.9 Å². The van der Waals surface area contributed by atoms with Crippen molar-refractivity contribution in [1.82, 2.24) is 10.6 Å². The molecule has 4 heteroatoms. The molecule has 1 aliphatic heterocycles. The van der Waals surface area contributed by atoms with Crippen molar-refractivity contribution in [3.63, 3.8) is 0 Å². The van der Waals surface area contributed by atoms with E-state index in [1.54, 1.807) is 0 Å². The average Bonchev–Trinajstić information content (AvgIpc) is 2.21. The Labute approximate surface area is 103 Å². The maximum absolute atomic E-state index is 11.6. The minimum absolute atomic E-state index is 0.142. The van der Waals surface area contributed by atoms with Gasteiger partial charge in [-0.3, -0.25) is 14.9 Å². The van der Waals surface area contributed by atoms with E-state index in [0.717, 1.165) is 12.8 Å². The zero-order valence-corrected chi connectivity index (χ0v) is 10.7. The second kappa shape index (κ2) is 4.77. The molecule has 1 saturated carbocycles. The highest BCUT2D eigenvalue weighted by atomic mass is 16.2. The summed E-state index contributed by atoms with van der Waals surface area (Å²) in [6, 6.07) is 0.245. The van der Waals surface area contributed by atoms with E-state index in [4.69, 9.17) is 0 Å². The summed E-state index contributed by atoms with van der Waals surface area (Å²) in [5.74, 6) is -0.290. The first-order valence-corrected chi connectivity index (χ1v) is 6.56. The van der Waals surface area contributed by atoms with Crippen LogP contribution in [0.5, 0.6) is 0 Å². The van der Waals surface area contributed by atoms with Crippen molar-refractivity contribution in [3.05, 3.63) is 0 Å². The van der Waals surface area contributed by atoms with Crippen LogP contribution in [0, 0.1) is 5.41 Å². The van der Waals surface area contributed by atoms with E-state index < -0.39 is 0 Å². The van der Waals surface area contributed by atoms with Gasteiger partial charge >= 0.3 is 0 Å². The minimum Gasteiger partial charge on any atom is -0.303 e. The molecule has 0 radical (unpaired) electrons. The summed E-state index contributed by atoms with van der Waals surface area (Å²) in [4.78, 5) is 22.7. The third-order valence-electron chi connectivity index (χ3n) is 3.88. The van der Waals surface area contributed by atoms with E-state index in [2.05, 4.69) is 24.5 Å². The number of amides is 2. The molecule has 2 N–H and O–H groups in total. The molecule has 0 aromatic carbocycles. The van der Waals surface area contributed by atoms with Gasteiger partial charge in [0, 0.05) is 12.5 Å². The molecule has 2 rings (SSSR count). The molecule has 1 saturated heterocycles. The van der Waals surface area contributed by atoms with E-state index in [-0.39, 0.29) is 17.9 Å². The Morgan fingerprint density at radius 2 is 2.06 bits per heavy atom. The van der Waals surface area contributed by atoms with Gasteiger partial charge in [0.2, 0.25) is 11.8 Å². The van der Waals surface area contributed by atoms with Crippen molar-refractivity contribution < 1.29 is 9.59 Å². The first-order chi connectivity index (χ1) is 7.96. The summed E-state index contributed by atoms with van der Waals surface area (Å²) < 4.78 is 0. The van der Waals surface area contributed by atoms with Crippen molar-refractivity contribution in [3.8, 4) is 0 Å². The van der Waals surface area contributed by atoms with Crippen LogP contribution in [0.25, 0.3) is 0 Å². The normalized spacial score (nSPS) is 33.3. The average molecular weight is 238 g/mol. The molecule has 2 amide bonds. The lowest BCUT2D eigenvalue weighted by Crippen LogP contribution is -2.54. The highest BCUT2D eigenvalue weighted by Gasteiger charge is 2.32. The van der Waals surface area contributed by atoms with Gasteiger partial charge in [0.1, 0.15) is 0 Å². The third-order valence-corrected chi connectivity index (χ3v) is 3.88. The lowest BCUT2D eigenvalue weighted by molar-refractivity contribution is -0.135. The quantitative estimate of drug-likeness (QED) is 0.714. The topological polar surface area (TPSA) is 58.2 Å². The van der Waals surface area contributed by atoms with Gasteiger partial charge in [-0.2, -0.15) is 0 Å². The predicted molar refractivity (Wildman–Crippen MR) is 65.3 cm³/mol. The molecular formula is C13H22N2O2. The Kier molecular flexibility index (Phi) is 3.52. The molecule has 0 bridgehead atoms. The van der Waals surface area contributed by atoms with Gasteiger partial charge < -0.3 is 5.32 Å². The van der Waals surface area contributed by atoms with Crippen LogP contribution in [0.15, 0.2) is 0 Å². The lowest BCUT2D eigenvalue weighted by Gasteiger charge is -2.37. The Hall–Kier alpha value is -0.900. The second-order valence-corrected chi connectivity index (χ2v) is 6.13. The van der Waals surface area contributed by atoms with E-state index in [1.165, 1.54) is 12.8 Å². The fourth-order valence-corrected chi connectivity index (χ4v) is 2.98. The van der Waals surface area contributed by atoms with E-state index >= 15 is 0 Å². The van der Waals surface area contributed by atoms with Gasteiger partial charge in [-0.15, -0.1) is 0 Å². The summed E-state index contributed by atoms with van der Waals surface area (Å²) in [5.41, 5.74) is 0.372. The molecule has 2 aliphatic rings. The summed E-state index contributed by atoms with van der Waals surface area (Å²) >= 11 is 0. The van der Waals surface area contributed by atoms with Crippen LogP contribution in [0.2, 0.25) is 0 Å². The smallest absolute Gasteiger partial charge is 0.243 e. The SMILES string of the molecule is CC1(C)CCCC(NC2CCC(=O)NC2=O)C1. The summed E-state index contributed by atoms with van der Waals surface area (Å²) in [6.45, 7) is 4.57. The highest BCUT2D eigenvalue weighted by molar-refractivity contribution is 6.00. The van der Waals surface area contributed by atoms with Crippen LogP contribution < -0.4 is 10.6 Å². The standard InChI is InChI=1S/C13H22N2O2/c1-13(2)7-3-4-9(8-13)14-10-5-6-11(16)15-12(10)17/h9-10,14H,3-8H2,1-2H3,(H,15,16,17). The zero-order chi connectivity index (χ0) is 12.5. The van der Waals surface area contributed by atoms with Crippen molar-refractivity contribution in [2.75, 3.05) is 0 Å². The van der Waals surface area contributed by atoms with Gasteiger partial charge in [-0.1, -0.05) is 20.3 Å². The van der Waals surface area contributed by atoms with Crippen LogP contribution in [0.1, 0.15) is 52.4 Å². The first-order valence-electron chi connectivity index (χ1n) is 6.56. The molecule has 0 aromatic heterocycles. The maximum atomic E-state index is 11.6. The van der Waals surface area contributed by atoms with E-state index in [0.29, 0.717) is 24.3 Å². The molecule has 17 heavy (non-hydrogen) atoms. The van der Waals surface area contributed by atoms with Crippen molar-refractivity contribution in [2.24, 2.45) is 5.41 Å². The summed E-state index contributed by atoms with van der Waals surface area (Å²) in [5, 5.41) is 5.82. The number of imide groups is 1. The number of carbonyl (C=O) groups excluding carboxylic acids is 2. The number of hydrogen-bond acceptors (Lipinski definition) is 3. The largest absolute Gasteiger partial charge is 0.303 e. The summed E-state index contributed by atoms with van der Waals surface area (Å²) in [7, 11) is 0. The predicted octanol–water partition coefficient (Wildman–Crippen LogP) is 1.35. The van der Waals surface area contributed by atoms with Crippen LogP contribution in [-0.2, 0) is 9.59 Å². The number of nitrogens with one attached hydrogen (secondary N) is 2. The number of rotatable bonds is 2. The molecule has 96 valence electrons.